The summed E-state index contributed by atoms with van der Waals surface area (Å²) in [6.07, 6.45) is 3.02. The second-order valence-electron chi connectivity index (χ2n) is 7.58. The Morgan fingerprint density at radius 3 is 2.53 bits per heavy atom. The third kappa shape index (κ3) is 5.37. The SMILES string of the molecule is Cc1ccc(NC(=O)NC(=O)COC(=O)c2cnn(-c3ccccn3)c2C(C)C)cc1C. The molecule has 9 heteroatoms. The zero-order valence-electron chi connectivity index (χ0n) is 18.4. The van der Waals surface area contributed by atoms with Gasteiger partial charge in [-0.05, 0) is 55.2 Å². The number of anilines is 1. The molecule has 2 N–H and O–H groups in total. The molecule has 166 valence electrons. The third-order valence-corrected chi connectivity index (χ3v) is 4.79. The minimum absolute atomic E-state index is 0.0559. The zero-order chi connectivity index (χ0) is 23.3. The molecule has 0 unspecified atom stereocenters. The number of benzene rings is 1. The van der Waals surface area contributed by atoms with Gasteiger partial charge in [0.1, 0.15) is 5.56 Å². The van der Waals surface area contributed by atoms with Crippen molar-refractivity contribution in [2.45, 2.75) is 33.6 Å². The molecule has 2 heterocycles. The molecular weight excluding hydrogens is 410 g/mol. The number of aromatic nitrogens is 3. The molecule has 32 heavy (non-hydrogen) atoms. The topological polar surface area (TPSA) is 115 Å². The van der Waals surface area contributed by atoms with Crippen molar-refractivity contribution in [2.24, 2.45) is 0 Å². The lowest BCUT2D eigenvalue weighted by atomic mass is 10.1. The van der Waals surface area contributed by atoms with Crippen LogP contribution in [0.5, 0.6) is 0 Å². The number of nitrogens with one attached hydrogen (secondary N) is 2. The van der Waals surface area contributed by atoms with E-state index in [1.165, 1.54) is 6.20 Å². The molecule has 0 aliphatic carbocycles. The van der Waals surface area contributed by atoms with E-state index in [2.05, 4.69) is 20.7 Å². The van der Waals surface area contributed by atoms with Crippen LogP contribution in [0.3, 0.4) is 0 Å². The predicted molar refractivity (Wildman–Crippen MR) is 119 cm³/mol. The summed E-state index contributed by atoms with van der Waals surface area (Å²) in [5.41, 5.74) is 3.50. The van der Waals surface area contributed by atoms with Crippen molar-refractivity contribution in [1.29, 1.82) is 0 Å². The van der Waals surface area contributed by atoms with Crippen molar-refractivity contribution in [3.63, 3.8) is 0 Å². The molecular formula is C23H25N5O4. The van der Waals surface area contributed by atoms with Gasteiger partial charge in [-0.1, -0.05) is 26.0 Å². The maximum absolute atomic E-state index is 12.6. The van der Waals surface area contributed by atoms with Gasteiger partial charge in [0.2, 0.25) is 0 Å². The smallest absolute Gasteiger partial charge is 0.342 e. The fraction of sp³-hybridized carbons (Fsp3) is 0.261. The first-order valence-electron chi connectivity index (χ1n) is 10.1. The van der Waals surface area contributed by atoms with E-state index in [9.17, 15) is 14.4 Å². The van der Waals surface area contributed by atoms with Gasteiger partial charge in [0.05, 0.1) is 11.9 Å². The first-order valence-corrected chi connectivity index (χ1v) is 10.1. The average molecular weight is 435 g/mol. The number of urea groups is 1. The lowest BCUT2D eigenvalue weighted by molar-refractivity contribution is -0.123. The summed E-state index contributed by atoms with van der Waals surface area (Å²) in [6, 6.07) is 10.1. The second kappa shape index (κ2) is 9.86. The Bertz CT molecular complexity index is 1140. The average Bonchev–Trinajstić information content (AvgIpc) is 3.21. The number of rotatable bonds is 6. The summed E-state index contributed by atoms with van der Waals surface area (Å²) in [5, 5.41) is 8.97. The fourth-order valence-corrected chi connectivity index (χ4v) is 3.09. The van der Waals surface area contributed by atoms with Crippen LogP contribution in [-0.2, 0) is 9.53 Å². The summed E-state index contributed by atoms with van der Waals surface area (Å²) in [5.74, 6) is -0.945. The van der Waals surface area contributed by atoms with Crippen molar-refractivity contribution in [2.75, 3.05) is 11.9 Å². The molecule has 0 bridgehead atoms. The van der Waals surface area contributed by atoms with Crippen LogP contribution in [0.2, 0.25) is 0 Å². The summed E-state index contributed by atoms with van der Waals surface area (Å²) >= 11 is 0. The number of hydrogen-bond donors (Lipinski definition) is 2. The summed E-state index contributed by atoms with van der Waals surface area (Å²) in [7, 11) is 0. The highest BCUT2D eigenvalue weighted by molar-refractivity contribution is 6.02. The Kier molecular flexibility index (Phi) is 6.99. The number of esters is 1. The number of imide groups is 1. The normalized spacial score (nSPS) is 10.7. The lowest BCUT2D eigenvalue weighted by Crippen LogP contribution is -2.37. The number of pyridine rings is 1. The molecule has 3 rings (SSSR count). The molecule has 0 radical (unpaired) electrons. The number of carbonyl (C=O) groups excluding carboxylic acids is 3. The van der Waals surface area contributed by atoms with Crippen molar-refractivity contribution in [3.05, 3.63) is 71.2 Å². The van der Waals surface area contributed by atoms with E-state index in [1.54, 1.807) is 35.1 Å². The summed E-state index contributed by atoms with van der Waals surface area (Å²) < 4.78 is 6.68. The van der Waals surface area contributed by atoms with E-state index in [4.69, 9.17) is 4.74 Å². The van der Waals surface area contributed by atoms with Crippen LogP contribution in [0.4, 0.5) is 10.5 Å². The number of nitrogens with zero attached hydrogens (tertiary/aromatic N) is 3. The maximum Gasteiger partial charge on any atom is 0.342 e. The highest BCUT2D eigenvalue weighted by Crippen LogP contribution is 2.23. The summed E-state index contributed by atoms with van der Waals surface area (Å²) in [6.45, 7) is 7.10. The van der Waals surface area contributed by atoms with Crippen molar-refractivity contribution in [1.82, 2.24) is 20.1 Å². The van der Waals surface area contributed by atoms with E-state index < -0.39 is 24.5 Å². The van der Waals surface area contributed by atoms with Crippen LogP contribution < -0.4 is 10.6 Å². The minimum atomic E-state index is -0.747. The van der Waals surface area contributed by atoms with Gasteiger partial charge in [-0.15, -0.1) is 0 Å². The number of hydrogen-bond acceptors (Lipinski definition) is 6. The minimum Gasteiger partial charge on any atom is -0.452 e. The molecule has 9 nitrogen and oxygen atoms in total. The van der Waals surface area contributed by atoms with Crippen LogP contribution in [0.25, 0.3) is 5.82 Å². The van der Waals surface area contributed by atoms with Gasteiger partial charge in [-0.2, -0.15) is 5.10 Å². The Morgan fingerprint density at radius 1 is 1.09 bits per heavy atom. The second-order valence-corrected chi connectivity index (χ2v) is 7.58. The molecule has 0 spiro atoms. The molecule has 0 saturated heterocycles. The number of carbonyl (C=O) groups is 3. The summed E-state index contributed by atoms with van der Waals surface area (Å²) in [4.78, 5) is 40.9. The van der Waals surface area contributed by atoms with Gasteiger partial charge in [0.15, 0.2) is 12.4 Å². The van der Waals surface area contributed by atoms with Gasteiger partial charge in [-0.25, -0.2) is 19.3 Å². The third-order valence-electron chi connectivity index (χ3n) is 4.79. The number of amides is 3. The highest BCUT2D eigenvalue weighted by atomic mass is 16.5. The zero-order valence-corrected chi connectivity index (χ0v) is 18.4. The molecule has 0 fully saturated rings. The molecule has 0 atom stereocenters. The maximum atomic E-state index is 12.6. The molecule has 0 saturated carbocycles. The van der Waals surface area contributed by atoms with Gasteiger partial charge >= 0.3 is 12.0 Å². The standard InChI is InChI=1S/C23H25N5O4/c1-14(2)21-18(12-25-28(21)19-7-5-6-10-24-19)22(30)32-13-20(29)27-23(31)26-17-9-8-15(3)16(4)11-17/h5-12,14H,13H2,1-4H3,(H2,26,27,29,31). The van der Waals surface area contributed by atoms with Crippen molar-refractivity contribution < 1.29 is 19.1 Å². The van der Waals surface area contributed by atoms with E-state index in [1.807, 2.05) is 39.8 Å². The highest BCUT2D eigenvalue weighted by Gasteiger charge is 2.23. The van der Waals surface area contributed by atoms with Crippen LogP contribution in [0.1, 0.15) is 46.9 Å². The number of ether oxygens (including phenoxy) is 1. The van der Waals surface area contributed by atoms with Gasteiger partial charge in [-0.3, -0.25) is 10.1 Å². The quantitative estimate of drug-likeness (QED) is 0.573. The van der Waals surface area contributed by atoms with Gasteiger partial charge in [0.25, 0.3) is 5.91 Å². The van der Waals surface area contributed by atoms with E-state index in [0.29, 0.717) is 17.2 Å². The Morgan fingerprint density at radius 2 is 1.88 bits per heavy atom. The first kappa shape index (κ1) is 22.7. The van der Waals surface area contributed by atoms with Crippen LogP contribution in [0, 0.1) is 13.8 Å². The van der Waals surface area contributed by atoms with E-state index >= 15 is 0 Å². The molecule has 3 aromatic rings. The molecule has 2 aromatic heterocycles. The van der Waals surface area contributed by atoms with Crippen molar-refractivity contribution >= 4 is 23.6 Å². The van der Waals surface area contributed by atoms with Crippen molar-refractivity contribution in [3.8, 4) is 5.82 Å². The number of aryl methyl sites for hydroxylation is 2. The molecule has 0 aliphatic rings. The van der Waals surface area contributed by atoms with Gasteiger partial charge in [0, 0.05) is 11.9 Å². The van der Waals surface area contributed by atoms with Crippen LogP contribution in [-0.4, -0.2) is 39.3 Å². The Balaban J connectivity index is 1.60. The lowest BCUT2D eigenvalue weighted by Gasteiger charge is -2.12. The van der Waals surface area contributed by atoms with E-state index in [0.717, 1.165) is 11.1 Å². The Labute approximate surface area is 185 Å². The Hall–Kier alpha value is -4.01. The fourth-order valence-electron chi connectivity index (χ4n) is 3.09. The first-order chi connectivity index (χ1) is 15.3. The molecule has 1 aromatic carbocycles. The van der Waals surface area contributed by atoms with Gasteiger partial charge < -0.3 is 10.1 Å². The molecule has 3 amide bonds. The van der Waals surface area contributed by atoms with Crippen LogP contribution in [0.15, 0.2) is 48.8 Å². The van der Waals surface area contributed by atoms with Crippen LogP contribution >= 0.6 is 0 Å². The predicted octanol–water partition coefficient (Wildman–Crippen LogP) is 3.51. The molecule has 0 aliphatic heterocycles. The monoisotopic (exact) mass is 435 g/mol. The largest absolute Gasteiger partial charge is 0.452 e. The van der Waals surface area contributed by atoms with E-state index in [-0.39, 0.29) is 11.5 Å².